The summed E-state index contributed by atoms with van der Waals surface area (Å²) < 4.78 is 5.70. The number of unbranched alkanes of at least 4 members (excludes halogenated alkanes) is 1. The summed E-state index contributed by atoms with van der Waals surface area (Å²) >= 11 is 0. The summed E-state index contributed by atoms with van der Waals surface area (Å²) in [4.78, 5) is 12.5. The molecule has 0 bridgehead atoms. The summed E-state index contributed by atoms with van der Waals surface area (Å²) in [5, 5.41) is 8.58. The minimum atomic E-state index is -0.741. The van der Waals surface area contributed by atoms with Crippen LogP contribution in [0.4, 0.5) is 0 Å². The molecule has 0 saturated heterocycles. The summed E-state index contributed by atoms with van der Waals surface area (Å²) in [7, 11) is 1.95. The number of hydrogen-bond acceptors (Lipinski definition) is 3. The Balaban J connectivity index is 2.08. The van der Waals surface area contributed by atoms with Crippen molar-refractivity contribution < 1.29 is 14.6 Å². The molecule has 0 aliphatic heterocycles. The maximum absolute atomic E-state index is 10.4. The van der Waals surface area contributed by atoms with E-state index in [1.807, 2.05) is 43.1 Å². The number of rotatable bonds is 9. The van der Waals surface area contributed by atoms with E-state index in [9.17, 15) is 4.79 Å². The zero-order chi connectivity index (χ0) is 14.1. The van der Waals surface area contributed by atoms with Gasteiger partial charge in [0.1, 0.15) is 5.75 Å². The molecule has 0 saturated carbocycles. The highest BCUT2D eigenvalue weighted by atomic mass is 16.5. The number of carboxylic acid groups (broad SMARTS) is 1. The second kappa shape index (κ2) is 8.53. The molecule has 0 heterocycles. The minimum Gasteiger partial charge on any atom is -0.493 e. The number of benzene rings is 1. The van der Waals surface area contributed by atoms with E-state index in [-0.39, 0.29) is 6.42 Å². The normalized spacial score (nSPS) is 10.7. The predicted molar refractivity (Wildman–Crippen MR) is 75.7 cm³/mol. The van der Waals surface area contributed by atoms with E-state index in [0.29, 0.717) is 13.2 Å². The molecule has 0 aromatic heterocycles. The van der Waals surface area contributed by atoms with Crippen molar-refractivity contribution in [3.8, 4) is 5.75 Å². The van der Waals surface area contributed by atoms with Gasteiger partial charge in [0.15, 0.2) is 0 Å². The number of carboxylic acids is 1. The molecule has 0 aliphatic carbocycles. The molecule has 0 amide bonds. The number of nitrogens with zero attached hydrogens (tertiary/aromatic N) is 1. The van der Waals surface area contributed by atoms with E-state index in [2.05, 4.69) is 0 Å². The van der Waals surface area contributed by atoms with Crippen molar-refractivity contribution in [2.24, 2.45) is 0 Å². The van der Waals surface area contributed by atoms with Crippen LogP contribution in [0.5, 0.6) is 5.75 Å². The predicted octanol–water partition coefficient (Wildman–Crippen LogP) is 2.56. The molecule has 1 N–H and O–H groups in total. The van der Waals surface area contributed by atoms with Gasteiger partial charge in [0.05, 0.1) is 13.0 Å². The Bertz CT molecular complexity index is 393. The van der Waals surface area contributed by atoms with Gasteiger partial charge in [-0.3, -0.25) is 4.79 Å². The van der Waals surface area contributed by atoms with E-state index in [1.165, 1.54) is 0 Å². The lowest BCUT2D eigenvalue weighted by atomic mass is 10.2. The first-order valence-corrected chi connectivity index (χ1v) is 6.68. The maximum atomic E-state index is 10.4. The van der Waals surface area contributed by atoms with Crippen LogP contribution >= 0.6 is 0 Å². The standard InChI is InChI=1S/C15H23NO3/c1-13-7-3-4-8-14(13)19-12-6-5-10-16(2)11-9-15(17)18/h3-4,7-8H,5-6,9-12H2,1-2H3,(H,17,18). The van der Waals surface area contributed by atoms with Gasteiger partial charge in [-0.05, 0) is 45.0 Å². The van der Waals surface area contributed by atoms with Crippen LogP contribution in [-0.2, 0) is 4.79 Å². The molecule has 4 heteroatoms. The van der Waals surface area contributed by atoms with Crippen LogP contribution in [0.25, 0.3) is 0 Å². The second-order valence-electron chi connectivity index (χ2n) is 4.77. The van der Waals surface area contributed by atoms with Gasteiger partial charge >= 0.3 is 5.97 Å². The zero-order valence-corrected chi connectivity index (χ0v) is 11.8. The number of para-hydroxylation sites is 1. The average molecular weight is 265 g/mol. The molecule has 1 rings (SSSR count). The van der Waals surface area contributed by atoms with Crippen molar-refractivity contribution in [2.45, 2.75) is 26.2 Å². The third-order valence-electron chi connectivity index (χ3n) is 2.99. The molecule has 0 spiro atoms. The van der Waals surface area contributed by atoms with Crippen LogP contribution < -0.4 is 4.74 Å². The van der Waals surface area contributed by atoms with Crippen LogP contribution in [0.1, 0.15) is 24.8 Å². The molecular formula is C15H23NO3. The molecular weight excluding hydrogens is 242 g/mol. The van der Waals surface area contributed by atoms with Crippen LogP contribution in [-0.4, -0.2) is 42.7 Å². The summed E-state index contributed by atoms with van der Waals surface area (Å²) in [5.74, 6) is 0.205. The van der Waals surface area contributed by atoms with Crippen LogP contribution in [0.2, 0.25) is 0 Å². The van der Waals surface area contributed by atoms with Crippen molar-refractivity contribution in [1.82, 2.24) is 4.90 Å². The highest BCUT2D eigenvalue weighted by molar-refractivity contribution is 5.66. The number of aryl methyl sites for hydroxylation is 1. The Morgan fingerprint density at radius 1 is 1.26 bits per heavy atom. The monoisotopic (exact) mass is 265 g/mol. The van der Waals surface area contributed by atoms with Gasteiger partial charge in [-0.15, -0.1) is 0 Å². The van der Waals surface area contributed by atoms with Gasteiger partial charge in [0.2, 0.25) is 0 Å². The van der Waals surface area contributed by atoms with Crippen molar-refractivity contribution >= 4 is 5.97 Å². The Hall–Kier alpha value is -1.55. The molecule has 0 radical (unpaired) electrons. The Labute approximate surface area is 115 Å². The van der Waals surface area contributed by atoms with E-state index >= 15 is 0 Å². The lowest BCUT2D eigenvalue weighted by Gasteiger charge is -2.15. The number of hydrogen-bond donors (Lipinski definition) is 1. The van der Waals surface area contributed by atoms with Gasteiger partial charge in [-0.1, -0.05) is 18.2 Å². The first kappa shape index (κ1) is 15.5. The number of aliphatic carboxylic acids is 1. The maximum Gasteiger partial charge on any atom is 0.304 e. The second-order valence-corrected chi connectivity index (χ2v) is 4.77. The molecule has 4 nitrogen and oxygen atoms in total. The SMILES string of the molecule is Cc1ccccc1OCCCCN(C)CCC(=O)O. The minimum absolute atomic E-state index is 0.205. The van der Waals surface area contributed by atoms with Crippen molar-refractivity contribution in [2.75, 3.05) is 26.7 Å². The van der Waals surface area contributed by atoms with Crippen molar-refractivity contribution in [3.63, 3.8) is 0 Å². The molecule has 0 unspecified atom stereocenters. The number of ether oxygens (including phenoxy) is 1. The van der Waals surface area contributed by atoms with E-state index in [0.717, 1.165) is 30.7 Å². The molecule has 19 heavy (non-hydrogen) atoms. The topological polar surface area (TPSA) is 49.8 Å². The zero-order valence-electron chi connectivity index (χ0n) is 11.8. The fourth-order valence-electron chi connectivity index (χ4n) is 1.78. The van der Waals surface area contributed by atoms with E-state index in [1.54, 1.807) is 0 Å². The van der Waals surface area contributed by atoms with Crippen LogP contribution in [0.3, 0.4) is 0 Å². The summed E-state index contributed by atoms with van der Waals surface area (Å²) in [6.07, 6.45) is 2.20. The first-order valence-electron chi connectivity index (χ1n) is 6.68. The average Bonchev–Trinajstić information content (AvgIpc) is 2.38. The van der Waals surface area contributed by atoms with E-state index in [4.69, 9.17) is 9.84 Å². The van der Waals surface area contributed by atoms with Crippen molar-refractivity contribution in [3.05, 3.63) is 29.8 Å². The molecule has 0 aliphatic rings. The third kappa shape index (κ3) is 6.82. The van der Waals surface area contributed by atoms with Gasteiger partial charge in [0.25, 0.3) is 0 Å². The molecule has 0 fully saturated rings. The van der Waals surface area contributed by atoms with Crippen LogP contribution in [0, 0.1) is 6.92 Å². The molecule has 1 aromatic carbocycles. The fraction of sp³-hybridized carbons (Fsp3) is 0.533. The highest BCUT2D eigenvalue weighted by Crippen LogP contribution is 2.16. The quantitative estimate of drug-likeness (QED) is 0.697. The smallest absolute Gasteiger partial charge is 0.304 e. The van der Waals surface area contributed by atoms with Gasteiger partial charge in [-0.25, -0.2) is 0 Å². The lowest BCUT2D eigenvalue weighted by molar-refractivity contribution is -0.137. The molecule has 0 atom stereocenters. The Morgan fingerprint density at radius 2 is 2.00 bits per heavy atom. The Kier molecular flexibility index (Phi) is 6.97. The summed E-state index contributed by atoms with van der Waals surface area (Å²) in [6.45, 7) is 4.25. The highest BCUT2D eigenvalue weighted by Gasteiger charge is 2.02. The van der Waals surface area contributed by atoms with E-state index < -0.39 is 5.97 Å². The summed E-state index contributed by atoms with van der Waals surface area (Å²) in [6, 6.07) is 7.99. The number of carbonyl (C=O) groups is 1. The molecule has 106 valence electrons. The van der Waals surface area contributed by atoms with Crippen molar-refractivity contribution in [1.29, 1.82) is 0 Å². The first-order chi connectivity index (χ1) is 9.09. The van der Waals surface area contributed by atoms with Crippen LogP contribution in [0.15, 0.2) is 24.3 Å². The van der Waals surface area contributed by atoms with Gasteiger partial charge in [0, 0.05) is 6.54 Å². The largest absolute Gasteiger partial charge is 0.493 e. The fourth-order valence-corrected chi connectivity index (χ4v) is 1.78. The van der Waals surface area contributed by atoms with Gasteiger partial charge < -0.3 is 14.7 Å². The summed E-state index contributed by atoms with van der Waals surface area (Å²) in [5.41, 5.74) is 1.15. The van der Waals surface area contributed by atoms with Gasteiger partial charge in [-0.2, -0.15) is 0 Å². The molecule has 1 aromatic rings. The third-order valence-corrected chi connectivity index (χ3v) is 2.99. The Morgan fingerprint density at radius 3 is 2.68 bits per heavy atom. The lowest BCUT2D eigenvalue weighted by Crippen LogP contribution is -2.23.